The summed E-state index contributed by atoms with van der Waals surface area (Å²) in [5, 5.41) is 18.1. The number of rotatable bonds is 1. The second kappa shape index (κ2) is 3.65. The molecule has 6 heteroatoms. The topological polar surface area (TPSA) is 86.2 Å². The first-order valence-electron chi connectivity index (χ1n) is 4.35. The maximum absolute atomic E-state index is 13.0. The van der Waals surface area contributed by atoms with E-state index in [2.05, 4.69) is 9.97 Å². The summed E-state index contributed by atoms with van der Waals surface area (Å²) < 4.78 is 13.0. The fourth-order valence-electron chi connectivity index (χ4n) is 1.24. The molecule has 0 unspecified atom stereocenters. The van der Waals surface area contributed by atoms with Crippen molar-refractivity contribution in [3.8, 4) is 23.0 Å². The lowest BCUT2D eigenvalue weighted by atomic mass is 10.2. The van der Waals surface area contributed by atoms with Crippen LogP contribution >= 0.6 is 0 Å². The number of phenols is 1. The second-order valence-corrected chi connectivity index (χ2v) is 3.12. The highest BCUT2D eigenvalue weighted by Gasteiger charge is 2.06. The molecule has 16 heavy (non-hydrogen) atoms. The molecular weight excluding hydrogens is 215 g/mol. The highest BCUT2D eigenvalue weighted by Crippen LogP contribution is 2.22. The highest BCUT2D eigenvalue weighted by molar-refractivity contribution is 5.56. The molecule has 82 valence electrons. The molecule has 0 aliphatic carbocycles. The van der Waals surface area contributed by atoms with Crippen LogP contribution in [0.4, 0.5) is 4.39 Å². The monoisotopic (exact) mass is 222 g/mol. The van der Waals surface area contributed by atoms with Gasteiger partial charge < -0.3 is 15.2 Å². The molecule has 0 aliphatic heterocycles. The molecule has 0 saturated heterocycles. The van der Waals surface area contributed by atoms with Crippen molar-refractivity contribution in [1.82, 2.24) is 9.97 Å². The van der Waals surface area contributed by atoms with Gasteiger partial charge in [-0.3, -0.25) is 4.79 Å². The number of aromatic hydroxyl groups is 2. The van der Waals surface area contributed by atoms with Crippen molar-refractivity contribution < 1.29 is 14.6 Å². The first-order chi connectivity index (χ1) is 7.56. The van der Waals surface area contributed by atoms with E-state index in [4.69, 9.17) is 10.2 Å². The van der Waals surface area contributed by atoms with Crippen molar-refractivity contribution in [2.45, 2.75) is 0 Å². The van der Waals surface area contributed by atoms with Crippen LogP contribution < -0.4 is 5.56 Å². The SMILES string of the molecule is O=c1cc(O)nc(-c2ccc(O)c(F)c2)[nH]1. The summed E-state index contributed by atoms with van der Waals surface area (Å²) in [7, 11) is 0. The van der Waals surface area contributed by atoms with E-state index in [0.29, 0.717) is 0 Å². The summed E-state index contributed by atoms with van der Waals surface area (Å²) in [4.78, 5) is 17.0. The summed E-state index contributed by atoms with van der Waals surface area (Å²) >= 11 is 0. The lowest BCUT2D eigenvalue weighted by Crippen LogP contribution is -2.06. The fraction of sp³-hybridized carbons (Fsp3) is 0. The Labute approximate surface area is 88.8 Å². The third-order valence-corrected chi connectivity index (χ3v) is 1.95. The van der Waals surface area contributed by atoms with Crippen LogP contribution in [-0.4, -0.2) is 20.2 Å². The van der Waals surface area contributed by atoms with Gasteiger partial charge in [-0.25, -0.2) is 4.39 Å². The Morgan fingerprint density at radius 1 is 1.25 bits per heavy atom. The summed E-state index contributed by atoms with van der Waals surface area (Å²) in [6.07, 6.45) is 0. The van der Waals surface area contributed by atoms with Crippen LogP contribution in [0.25, 0.3) is 11.4 Å². The van der Waals surface area contributed by atoms with E-state index in [1.165, 1.54) is 6.07 Å². The number of H-pyrrole nitrogens is 1. The normalized spacial score (nSPS) is 10.3. The van der Waals surface area contributed by atoms with Gasteiger partial charge in [0.2, 0.25) is 5.88 Å². The van der Waals surface area contributed by atoms with Crippen LogP contribution in [-0.2, 0) is 0 Å². The molecule has 1 heterocycles. The maximum Gasteiger partial charge on any atom is 0.254 e. The van der Waals surface area contributed by atoms with Crippen LogP contribution in [0, 0.1) is 5.82 Å². The van der Waals surface area contributed by atoms with E-state index < -0.39 is 23.0 Å². The molecule has 2 rings (SSSR count). The number of halogens is 1. The molecular formula is C10H7FN2O3. The van der Waals surface area contributed by atoms with Crippen LogP contribution in [0.15, 0.2) is 29.1 Å². The predicted octanol–water partition coefficient (Wildman–Crippen LogP) is 0.987. The van der Waals surface area contributed by atoms with E-state index >= 15 is 0 Å². The van der Waals surface area contributed by atoms with Gasteiger partial charge in [0.05, 0.1) is 6.07 Å². The number of hydrogen-bond donors (Lipinski definition) is 3. The minimum atomic E-state index is -0.830. The zero-order valence-electron chi connectivity index (χ0n) is 7.94. The van der Waals surface area contributed by atoms with E-state index in [1.54, 1.807) is 0 Å². The van der Waals surface area contributed by atoms with E-state index in [0.717, 1.165) is 18.2 Å². The number of phenolic OH excluding ortho intramolecular Hbond substituents is 1. The van der Waals surface area contributed by atoms with Gasteiger partial charge in [-0.05, 0) is 18.2 Å². The minimum Gasteiger partial charge on any atom is -0.505 e. The maximum atomic E-state index is 13.0. The first kappa shape index (κ1) is 10.2. The van der Waals surface area contributed by atoms with E-state index in [9.17, 15) is 9.18 Å². The molecule has 2 aromatic rings. The molecule has 1 aromatic carbocycles. The van der Waals surface area contributed by atoms with Gasteiger partial charge in [-0.2, -0.15) is 4.98 Å². The molecule has 3 N–H and O–H groups in total. The van der Waals surface area contributed by atoms with Crippen LogP contribution in [0.5, 0.6) is 11.6 Å². The molecule has 0 saturated carbocycles. The van der Waals surface area contributed by atoms with Gasteiger partial charge in [0, 0.05) is 5.56 Å². The third-order valence-electron chi connectivity index (χ3n) is 1.95. The van der Waals surface area contributed by atoms with E-state index in [1.807, 2.05) is 0 Å². The molecule has 5 nitrogen and oxygen atoms in total. The molecule has 0 radical (unpaired) electrons. The average Bonchev–Trinajstić information content (AvgIpc) is 2.20. The summed E-state index contributed by atoms with van der Waals surface area (Å²) in [6.45, 7) is 0. The Morgan fingerprint density at radius 2 is 2.00 bits per heavy atom. The van der Waals surface area contributed by atoms with Crippen molar-refractivity contribution in [3.05, 3.63) is 40.4 Å². The molecule has 0 fully saturated rings. The molecule has 0 spiro atoms. The minimum absolute atomic E-state index is 0.0314. The van der Waals surface area contributed by atoms with Crippen LogP contribution in [0.1, 0.15) is 0 Å². The second-order valence-electron chi connectivity index (χ2n) is 3.12. The summed E-state index contributed by atoms with van der Waals surface area (Å²) in [6, 6.07) is 4.41. The Morgan fingerprint density at radius 3 is 2.62 bits per heavy atom. The van der Waals surface area contributed by atoms with Crippen molar-refractivity contribution >= 4 is 0 Å². The fourth-order valence-corrected chi connectivity index (χ4v) is 1.24. The van der Waals surface area contributed by atoms with Crippen LogP contribution in [0.3, 0.4) is 0 Å². The lowest BCUT2D eigenvalue weighted by molar-refractivity contribution is 0.432. The van der Waals surface area contributed by atoms with Gasteiger partial charge in [0.25, 0.3) is 5.56 Å². The first-order valence-corrected chi connectivity index (χ1v) is 4.35. The smallest absolute Gasteiger partial charge is 0.254 e. The van der Waals surface area contributed by atoms with Crippen molar-refractivity contribution in [2.75, 3.05) is 0 Å². The Bertz CT molecular complexity index is 595. The zero-order chi connectivity index (χ0) is 11.7. The number of aromatic nitrogens is 2. The Kier molecular flexibility index (Phi) is 2.32. The van der Waals surface area contributed by atoms with Gasteiger partial charge in [-0.1, -0.05) is 0 Å². The molecule has 0 bridgehead atoms. The largest absolute Gasteiger partial charge is 0.505 e. The molecule has 0 atom stereocenters. The Balaban J connectivity index is 2.58. The van der Waals surface area contributed by atoms with Gasteiger partial charge in [0.1, 0.15) is 5.82 Å². The molecule has 1 aromatic heterocycles. The Hall–Kier alpha value is -2.37. The third kappa shape index (κ3) is 1.85. The summed E-state index contributed by atoms with van der Waals surface area (Å²) in [5.41, 5.74) is -0.292. The van der Waals surface area contributed by atoms with Crippen LogP contribution in [0.2, 0.25) is 0 Å². The quantitative estimate of drug-likeness (QED) is 0.671. The van der Waals surface area contributed by atoms with Crippen molar-refractivity contribution in [1.29, 1.82) is 0 Å². The number of hydrogen-bond acceptors (Lipinski definition) is 4. The average molecular weight is 222 g/mol. The van der Waals surface area contributed by atoms with E-state index in [-0.39, 0.29) is 11.4 Å². The standard InChI is InChI=1S/C10H7FN2O3/c11-6-3-5(1-2-7(6)14)10-12-8(15)4-9(16)13-10/h1-4,14H,(H2,12,13,15,16). The van der Waals surface area contributed by atoms with Gasteiger partial charge >= 0.3 is 0 Å². The number of nitrogens with zero attached hydrogens (tertiary/aromatic N) is 1. The number of nitrogens with one attached hydrogen (secondary N) is 1. The predicted molar refractivity (Wildman–Crippen MR) is 53.6 cm³/mol. The van der Waals surface area contributed by atoms with Gasteiger partial charge in [-0.15, -0.1) is 0 Å². The van der Waals surface area contributed by atoms with Gasteiger partial charge in [0.15, 0.2) is 11.6 Å². The van der Waals surface area contributed by atoms with Crippen molar-refractivity contribution in [3.63, 3.8) is 0 Å². The highest BCUT2D eigenvalue weighted by atomic mass is 19.1. The lowest BCUT2D eigenvalue weighted by Gasteiger charge is -2.02. The zero-order valence-corrected chi connectivity index (χ0v) is 7.94. The molecule has 0 aliphatic rings. The van der Waals surface area contributed by atoms with Crippen molar-refractivity contribution in [2.24, 2.45) is 0 Å². The number of aromatic amines is 1. The molecule has 0 amide bonds. The number of benzene rings is 1. The summed E-state index contributed by atoms with van der Waals surface area (Å²) in [5.74, 6) is -1.74.